The van der Waals surface area contributed by atoms with Crippen LogP contribution in [0.1, 0.15) is 32.0 Å². The molecule has 56 valence electrons. The summed E-state index contributed by atoms with van der Waals surface area (Å²) >= 11 is 0. The van der Waals surface area contributed by atoms with Crippen LogP contribution >= 0.6 is 0 Å². The molecule has 0 saturated carbocycles. The van der Waals surface area contributed by atoms with Gasteiger partial charge in [-0.2, -0.15) is 4.98 Å². The van der Waals surface area contributed by atoms with Gasteiger partial charge in [-0.3, -0.25) is 0 Å². The molecule has 1 aromatic rings. The second-order valence-electron chi connectivity index (χ2n) is 2.30. The zero-order valence-electron chi connectivity index (χ0n) is 6.16. The van der Waals surface area contributed by atoms with Gasteiger partial charge in [-0.15, -0.1) is 0 Å². The van der Waals surface area contributed by atoms with E-state index in [1.54, 1.807) is 0 Å². The van der Waals surface area contributed by atoms with Crippen molar-refractivity contribution in [2.45, 2.75) is 26.2 Å². The summed E-state index contributed by atoms with van der Waals surface area (Å²) in [6, 6.07) is 0.148. The molecule has 1 unspecified atom stereocenters. The molecule has 1 aromatic heterocycles. The molecule has 0 fully saturated rings. The van der Waals surface area contributed by atoms with E-state index >= 15 is 0 Å². The topological polar surface area (TPSA) is 64.9 Å². The quantitative estimate of drug-likeness (QED) is 0.671. The Bertz CT molecular complexity index is 209. The summed E-state index contributed by atoms with van der Waals surface area (Å²) in [4.78, 5) is 3.88. The fourth-order valence-electron chi connectivity index (χ4n) is 0.630. The molecule has 4 heteroatoms. The van der Waals surface area contributed by atoms with Gasteiger partial charge in [-0.05, 0) is 6.42 Å². The standard InChI is InChI=1S/C6H11N3O/c1-3-4(2)5-8-6(7)10-9-5/h4H,3H2,1-2H3,(H2,7,8,9). The number of rotatable bonds is 2. The zero-order chi connectivity index (χ0) is 7.56. The Balaban J connectivity index is 2.74. The van der Waals surface area contributed by atoms with Crippen LogP contribution in [0.5, 0.6) is 0 Å². The molecule has 0 aromatic carbocycles. The highest BCUT2D eigenvalue weighted by Gasteiger charge is 2.08. The lowest BCUT2D eigenvalue weighted by atomic mass is 10.1. The number of hydrogen-bond acceptors (Lipinski definition) is 4. The third-order valence-electron chi connectivity index (χ3n) is 1.51. The lowest BCUT2D eigenvalue weighted by molar-refractivity contribution is 0.420. The SMILES string of the molecule is CCC(C)c1noc(N)n1. The molecular formula is C6H11N3O. The van der Waals surface area contributed by atoms with Gasteiger partial charge in [0.25, 0.3) is 0 Å². The number of nitrogens with two attached hydrogens (primary N) is 1. The fourth-order valence-corrected chi connectivity index (χ4v) is 0.630. The summed E-state index contributed by atoms with van der Waals surface area (Å²) < 4.78 is 4.60. The molecule has 0 aliphatic carbocycles. The van der Waals surface area contributed by atoms with E-state index in [1.807, 2.05) is 6.92 Å². The van der Waals surface area contributed by atoms with Gasteiger partial charge in [0.15, 0.2) is 5.82 Å². The van der Waals surface area contributed by atoms with Gasteiger partial charge >= 0.3 is 6.01 Å². The maximum absolute atomic E-state index is 5.23. The second kappa shape index (κ2) is 2.68. The summed E-state index contributed by atoms with van der Waals surface area (Å²) in [6.45, 7) is 4.10. The van der Waals surface area contributed by atoms with E-state index in [9.17, 15) is 0 Å². The highest BCUT2D eigenvalue weighted by Crippen LogP contribution is 2.14. The lowest BCUT2D eigenvalue weighted by Crippen LogP contribution is -1.94. The van der Waals surface area contributed by atoms with E-state index in [0.717, 1.165) is 6.42 Å². The van der Waals surface area contributed by atoms with Crippen molar-refractivity contribution in [2.75, 3.05) is 5.73 Å². The number of nitrogen functional groups attached to an aromatic ring is 1. The Labute approximate surface area is 59.4 Å². The van der Waals surface area contributed by atoms with Crippen molar-refractivity contribution in [2.24, 2.45) is 0 Å². The normalized spacial score (nSPS) is 13.4. The molecular weight excluding hydrogens is 130 g/mol. The average Bonchev–Trinajstić information content (AvgIpc) is 2.34. The molecule has 1 atom stereocenters. The van der Waals surface area contributed by atoms with Gasteiger partial charge < -0.3 is 10.3 Å². The number of hydrogen-bond donors (Lipinski definition) is 1. The van der Waals surface area contributed by atoms with Crippen LogP contribution in [-0.2, 0) is 0 Å². The largest absolute Gasteiger partial charge is 0.351 e. The molecule has 4 nitrogen and oxygen atoms in total. The summed E-state index contributed by atoms with van der Waals surface area (Å²) in [7, 11) is 0. The van der Waals surface area contributed by atoms with Crippen molar-refractivity contribution >= 4 is 6.01 Å². The smallest absolute Gasteiger partial charge is 0.318 e. The lowest BCUT2D eigenvalue weighted by Gasteiger charge is -1.97. The predicted octanol–water partition coefficient (Wildman–Crippen LogP) is 1.17. The molecule has 2 N–H and O–H groups in total. The van der Waals surface area contributed by atoms with E-state index in [0.29, 0.717) is 11.7 Å². The summed E-state index contributed by atoms with van der Waals surface area (Å²) in [5.41, 5.74) is 5.23. The van der Waals surface area contributed by atoms with E-state index in [2.05, 4.69) is 21.6 Å². The van der Waals surface area contributed by atoms with Gasteiger partial charge in [-0.1, -0.05) is 19.0 Å². The first kappa shape index (κ1) is 7.05. The van der Waals surface area contributed by atoms with E-state index in [-0.39, 0.29) is 6.01 Å². The third-order valence-corrected chi connectivity index (χ3v) is 1.51. The Morgan fingerprint density at radius 3 is 2.80 bits per heavy atom. The number of aromatic nitrogens is 2. The predicted molar refractivity (Wildman–Crippen MR) is 37.4 cm³/mol. The Hall–Kier alpha value is -1.06. The molecule has 0 radical (unpaired) electrons. The number of anilines is 1. The van der Waals surface area contributed by atoms with Crippen molar-refractivity contribution < 1.29 is 4.52 Å². The van der Waals surface area contributed by atoms with Gasteiger partial charge in [-0.25, -0.2) is 0 Å². The Kier molecular flexibility index (Phi) is 1.89. The first-order valence-electron chi connectivity index (χ1n) is 3.33. The van der Waals surface area contributed by atoms with Crippen molar-refractivity contribution in [3.8, 4) is 0 Å². The van der Waals surface area contributed by atoms with Gasteiger partial charge in [0.2, 0.25) is 0 Å². The van der Waals surface area contributed by atoms with Crippen LogP contribution in [0.3, 0.4) is 0 Å². The van der Waals surface area contributed by atoms with Crippen LogP contribution < -0.4 is 5.73 Å². The fraction of sp³-hybridized carbons (Fsp3) is 0.667. The van der Waals surface area contributed by atoms with Crippen LogP contribution in [0.25, 0.3) is 0 Å². The second-order valence-corrected chi connectivity index (χ2v) is 2.30. The maximum atomic E-state index is 5.23. The number of nitrogens with zero attached hydrogens (tertiary/aromatic N) is 2. The monoisotopic (exact) mass is 141 g/mol. The molecule has 0 saturated heterocycles. The highest BCUT2D eigenvalue weighted by atomic mass is 16.5. The van der Waals surface area contributed by atoms with Crippen LogP contribution in [0.15, 0.2) is 4.52 Å². The molecule has 0 aliphatic rings. The average molecular weight is 141 g/mol. The molecule has 1 heterocycles. The van der Waals surface area contributed by atoms with Gasteiger partial charge in [0, 0.05) is 5.92 Å². The maximum Gasteiger partial charge on any atom is 0.318 e. The van der Waals surface area contributed by atoms with Crippen molar-refractivity contribution in [1.82, 2.24) is 10.1 Å². The molecule has 0 bridgehead atoms. The van der Waals surface area contributed by atoms with Crippen LogP contribution in [0.2, 0.25) is 0 Å². The minimum absolute atomic E-state index is 0.148. The van der Waals surface area contributed by atoms with Gasteiger partial charge in [0.1, 0.15) is 0 Å². The first-order valence-corrected chi connectivity index (χ1v) is 3.33. The molecule has 0 spiro atoms. The van der Waals surface area contributed by atoms with Crippen LogP contribution in [0.4, 0.5) is 6.01 Å². The highest BCUT2D eigenvalue weighted by molar-refractivity contribution is 5.08. The summed E-state index contributed by atoms with van der Waals surface area (Å²) in [5, 5.41) is 3.68. The molecule has 1 rings (SSSR count). The Morgan fingerprint density at radius 1 is 1.70 bits per heavy atom. The van der Waals surface area contributed by atoms with Crippen LogP contribution in [0, 0.1) is 0 Å². The first-order chi connectivity index (χ1) is 4.74. The molecule has 0 amide bonds. The van der Waals surface area contributed by atoms with E-state index in [4.69, 9.17) is 5.73 Å². The van der Waals surface area contributed by atoms with E-state index in [1.165, 1.54) is 0 Å². The van der Waals surface area contributed by atoms with Gasteiger partial charge in [0.05, 0.1) is 0 Å². The molecule has 10 heavy (non-hydrogen) atoms. The van der Waals surface area contributed by atoms with E-state index < -0.39 is 0 Å². The Morgan fingerprint density at radius 2 is 2.40 bits per heavy atom. The van der Waals surface area contributed by atoms with Crippen molar-refractivity contribution in [1.29, 1.82) is 0 Å². The van der Waals surface area contributed by atoms with Crippen molar-refractivity contribution in [3.63, 3.8) is 0 Å². The zero-order valence-corrected chi connectivity index (χ0v) is 6.16. The minimum atomic E-state index is 0.148. The minimum Gasteiger partial charge on any atom is -0.351 e. The van der Waals surface area contributed by atoms with Crippen molar-refractivity contribution in [3.05, 3.63) is 5.82 Å². The van der Waals surface area contributed by atoms with Crippen LogP contribution in [-0.4, -0.2) is 10.1 Å². The summed E-state index contributed by atoms with van der Waals surface area (Å²) in [6.07, 6.45) is 0.999. The molecule has 0 aliphatic heterocycles. The third kappa shape index (κ3) is 1.26. The summed E-state index contributed by atoms with van der Waals surface area (Å²) in [5.74, 6) is 1.03.